The van der Waals surface area contributed by atoms with Gasteiger partial charge < -0.3 is 14.8 Å². The average molecular weight is 252 g/mol. The fourth-order valence-corrected chi connectivity index (χ4v) is 1.90. The second kappa shape index (κ2) is 5.32. The summed E-state index contributed by atoms with van der Waals surface area (Å²) in [5.74, 6) is 0.642. The van der Waals surface area contributed by atoms with Crippen molar-refractivity contribution in [3.05, 3.63) is 34.4 Å². The van der Waals surface area contributed by atoms with Gasteiger partial charge in [0.15, 0.2) is 0 Å². The summed E-state index contributed by atoms with van der Waals surface area (Å²) in [6.45, 7) is 2.74. The summed E-state index contributed by atoms with van der Waals surface area (Å²) in [7, 11) is 1.89. The van der Waals surface area contributed by atoms with Crippen molar-refractivity contribution < 1.29 is 14.4 Å². The monoisotopic (exact) mass is 252 g/mol. The summed E-state index contributed by atoms with van der Waals surface area (Å²) in [5.41, 5.74) is 0.0931. The fourth-order valence-electron chi connectivity index (χ4n) is 1.90. The first-order valence-electron chi connectivity index (χ1n) is 5.75. The lowest BCUT2D eigenvalue weighted by molar-refractivity contribution is -0.384. The van der Waals surface area contributed by atoms with Gasteiger partial charge in [-0.15, -0.1) is 0 Å². The molecule has 6 nitrogen and oxygen atoms in total. The molecule has 2 rings (SSSR count). The number of nitro benzene ring substituents is 1. The Morgan fingerprint density at radius 2 is 2.11 bits per heavy atom. The SMILES string of the molecule is CNCC1(COc2ccc([N+](=O)[O-])cc2)COC1. The van der Waals surface area contributed by atoms with Gasteiger partial charge in [-0.05, 0) is 19.2 Å². The van der Waals surface area contributed by atoms with Crippen molar-refractivity contribution in [3.8, 4) is 5.75 Å². The molecule has 0 aromatic heterocycles. The van der Waals surface area contributed by atoms with Crippen LogP contribution in [0.15, 0.2) is 24.3 Å². The van der Waals surface area contributed by atoms with Crippen LogP contribution in [0.25, 0.3) is 0 Å². The standard InChI is InChI=1S/C12H16N2O4/c1-13-6-12(7-17-8-12)9-18-11-4-2-10(3-5-11)14(15)16/h2-5,13H,6-9H2,1H3. The van der Waals surface area contributed by atoms with E-state index in [9.17, 15) is 10.1 Å². The maximum atomic E-state index is 10.5. The van der Waals surface area contributed by atoms with Crippen LogP contribution in [0.1, 0.15) is 0 Å². The molecule has 0 amide bonds. The number of benzene rings is 1. The summed E-state index contributed by atoms with van der Waals surface area (Å²) in [4.78, 5) is 10.1. The van der Waals surface area contributed by atoms with Crippen LogP contribution in [0.3, 0.4) is 0 Å². The highest BCUT2D eigenvalue weighted by Gasteiger charge is 2.38. The molecule has 6 heteroatoms. The molecule has 1 N–H and O–H groups in total. The third-order valence-corrected chi connectivity index (χ3v) is 2.96. The minimum absolute atomic E-state index is 0.0243. The van der Waals surface area contributed by atoms with Gasteiger partial charge in [-0.1, -0.05) is 0 Å². The van der Waals surface area contributed by atoms with E-state index in [1.807, 2.05) is 7.05 Å². The molecule has 1 heterocycles. The Hall–Kier alpha value is -1.66. The van der Waals surface area contributed by atoms with Crippen LogP contribution in [0.2, 0.25) is 0 Å². The van der Waals surface area contributed by atoms with E-state index in [2.05, 4.69) is 5.32 Å². The summed E-state index contributed by atoms with van der Waals surface area (Å²) in [6, 6.07) is 6.12. The summed E-state index contributed by atoms with van der Waals surface area (Å²) >= 11 is 0. The van der Waals surface area contributed by atoms with E-state index in [1.165, 1.54) is 12.1 Å². The molecule has 1 aromatic carbocycles. The smallest absolute Gasteiger partial charge is 0.269 e. The Morgan fingerprint density at radius 3 is 2.56 bits per heavy atom. The molecule has 0 atom stereocenters. The maximum absolute atomic E-state index is 10.5. The third kappa shape index (κ3) is 2.77. The molecule has 0 aliphatic carbocycles. The Bertz CT molecular complexity index is 415. The minimum Gasteiger partial charge on any atom is -0.493 e. The highest BCUT2D eigenvalue weighted by Crippen LogP contribution is 2.28. The quantitative estimate of drug-likeness (QED) is 0.608. The lowest BCUT2D eigenvalue weighted by Crippen LogP contribution is -2.52. The molecular weight excluding hydrogens is 236 g/mol. The number of nitro groups is 1. The first-order valence-corrected chi connectivity index (χ1v) is 5.75. The lowest BCUT2D eigenvalue weighted by atomic mass is 9.87. The molecule has 1 aromatic rings. The number of hydrogen-bond donors (Lipinski definition) is 1. The lowest BCUT2D eigenvalue weighted by Gasteiger charge is -2.40. The van der Waals surface area contributed by atoms with E-state index in [4.69, 9.17) is 9.47 Å². The highest BCUT2D eigenvalue weighted by molar-refractivity contribution is 5.36. The molecule has 0 bridgehead atoms. The minimum atomic E-state index is -0.425. The van der Waals surface area contributed by atoms with Crippen LogP contribution in [-0.4, -0.2) is 38.3 Å². The molecule has 0 spiro atoms. The van der Waals surface area contributed by atoms with E-state index >= 15 is 0 Å². The molecule has 1 aliphatic rings. The summed E-state index contributed by atoms with van der Waals surface area (Å²) < 4.78 is 10.9. The zero-order valence-electron chi connectivity index (χ0n) is 10.2. The van der Waals surface area contributed by atoms with Crippen molar-refractivity contribution in [2.45, 2.75) is 0 Å². The van der Waals surface area contributed by atoms with Gasteiger partial charge >= 0.3 is 0 Å². The molecule has 0 unspecified atom stereocenters. The largest absolute Gasteiger partial charge is 0.493 e. The van der Waals surface area contributed by atoms with Crippen LogP contribution in [0, 0.1) is 15.5 Å². The van der Waals surface area contributed by atoms with E-state index in [-0.39, 0.29) is 11.1 Å². The van der Waals surface area contributed by atoms with Gasteiger partial charge in [0, 0.05) is 18.7 Å². The van der Waals surface area contributed by atoms with Crippen LogP contribution >= 0.6 is 0 Å². The van der Waals surface area contributed by atoms with Crippen LogP contribution < -0.4 is 10.1 Å². The maximum Gasteiger partial charge on any atom is 0.269 e. The van der Waals surface area contributed by atoms with Gasteiger partial charge in [0.2, 0.25) is 0 Å². The van der Waals surface area contributed by atoms with E-state index in [0.29, 0.717) is 25.6 Å². The number of ether oxygens (including phenoxy) is 2. The van der Waals surface area contributed by atoms with Gasteiger partial charge in [-0.25, -0.2) is 0 Å². The zero-order chi connectivity index (χ0) is 13.0. The predicted molar refractivity (Wildman–Crippen MR) is 65.8 cm³/mol. The van der Waals surface area contributed by atoms with Crippen LogP contribution in [0.5, 0.6) is 5.75 Å². The highest BCUT2D eigenvalue weighted by atomic mass is 16.6. The molecule has 1 saturated heterocycles. The van der Waals surface area contributed by atoms with Crippen LogP contribution in [-0.2, 0) is 4.74 Å². The second-order valence-electron chi connectivity index (χ2n) is 4.56. The van der Waals surface area contributed by atoms with E-state index in [0.717, 1.165) is 6.54 Å². The first-order chi connectivity index (χ1) is 8.65. The second-order valence-corrected chi connectivity index (χ2v) is 4.56. The molecular formula is C12H16N2O4. The molecule has 0 radical (unpaired) electrons. The van der Waals surface area contributed by atoms with Crippen LogP contribution in [0.4, 0.5) is 5.69 Å². The molecule has 0 saturated carbocycles. The Labute approximate surface area is 105 Å². The molecule has 1 aliphatic heterocycles. The molecule has 1 fully saturated rings. The number of nitrogens with one attached hydrogen (secondary N) is 1. The van der Waals surface area contributed by atoms with Gasteiger partial charge in [-0.2, -0.15) is 0 Å². The van der Waals surface area contributed by atoms with E-state index < -0.39 is 4.92 Å². The summed E-state index contributed by atoms with van der Waals surface area (Å²) in [5, 5.41) is 13.6. The van der Waals surface area contributed by atoms with Gasteiger partial charge in [0.25, 0.3) is 5.69 Å². The number of non-ortho nitro benzene ring substituents is 1. The number of hydrogen-bond acceptors (Lipinski definition) is 5. The normalized spacial score (nSPS) is 16.9. The van der Waals surface area contributed by atoms with Crippen molar-refractivity contribution in [2.24, 2.45) is 5.41 Å². The predicted octanol–water partition coefficient (Wildman–Crippen LogP) is 1.21. The van der Waals surface area contributed by atoms with Crippen molar-refractivity contribution in [1.82, 2.24) is 5.32 Å². The van der Waals surface area contributed by atoms with Crippen molar-refractivity contribution in [2.75, 3.05) is 33.4 Å². The third-order valence-electron chi connectivity index (χ3n) is 2.96. The topological polar surface area (TPSA) is 73.6 Å². The molecule has 18 heavy (non-hydrogen) atoms. The first kappa shape index (κ1) is 12.8. The van der Waals surface area contributed by atoms with Crippen molar-refractivity contribution in [3.63, 3.8) is 0 Å². The average Bonchev–Trinajstić information content (AvgIpc) is 2.33. The van der Waals surface area contributed by atoms with E-state index in [1.54, 1.807) is 12.1 Å². The summed E-state index contributed by atoms with van der Waals surface area (Å²) in [6.07, 6.45) is 0. The van der Waals surface area contributed by atoms with Gasteiger partial charge in [0.1, 0.15) is 5.75 Å². The molecule has 98 valence electrons. The van der Waals surface area contributed by atoms with Crippen molar-refractivity contribution >= 4 is 5.69 Å². The number of nitrogens with zero attached hydrogens (tertiary/aromatic N) is 1. The Morgan fingerprint density at radius 1 is 1.44 bits per heavy atom. The van der Waals surface area contributed by atoms with Gasteiger partial charge in [-0.3, -0.25) is 10.1 Å². The Balaban J connectivity index is 1.91. The van der Waals surface area contributed by atoms with Crippen molar-refractivity contribution in [1.29, 1.82) is 0 Å². The van der Waals surface area contributed by atoms with Gasteiger partial charge in [0.05, 0.1) is 30.2 Å². The zero-order valence-corrected chi connectivity index (χ0v) is 10.2. The Kier molecular flexibility index (Phi) is 3.78. The fraction of sp³-hybridized carbons (Fsp3) is 0.500. The number of rotatable bonds is 6.